The first-order chi connectivity index (χ1) is 25.2. The van der Waals surface area contributed by atoms with Gasteiger partial charge in [0.05, 0.1) is 18.8 Å². The Labute approximate surface area is 318 Å². The lowest BCUT2D eigenvalue weighted by Crippen LogP contribution is -2.39. The number of aliphatic imine (C=N–C) groups is 1. The summed E-state index contributed by atoms with van der Waals surface area (Å²) in [6.07, 6.45) is 17.1. The maximum Gasteiger partial charge on any atom is 0.417 e. The SMILES string of the molecule is C#C.C/C=C(\C)C1COC(=O)N1C(=O)c1cccc(C)c1.C=CC.CCCC.CN=C(/C=C/NC(=O)Nc1ccc(OC)c2ccccc12)C(C)(C)C. The molecule has 3 aromatic carbocycles. The number of nitrogens with zero attached hydrogens (tertiary/aromatic N) is 2. The lowest BCUT2D eigenvalue weighted by atomic mass is 9.90. The summed E-state index contributed by atoms with van der Waals surface area (Å²) < 4.78 is 10.4. The minimum absolute atomic E-state index is 0.0738. The molecule has 1 aliphatic heterocycles. The van der Waals surface area contributed by atoms with E-state index in [4.69, 9.17) is 9.47 Å². The zero-order valence-electron chi connectivity index (χ0n) is 33.6. The molecule has 1 heterocycles. The minimum Gasteiger partial charge on any atom is -0.496 e. The Morgan fingerprint density at radius 3 is 2.15 bits per heavy atom. The molecule has 1 aliphatic rings. The van der Waals surface area contributed by atoms with Crippen LogP contribution in [-0.2, 0) is 4.74 Å². The molecule has 0 radical (unpaired) electrons. The van der Waals surface area contributed by atoms with E-state index >= 15 is 0 Å². The van der Waals surface area contributed by atoms with Crippen molar-refractivity contribution in [3.05, 3.63) is 108 Å². The molecule has 0 saturated carbocycles. The largest absolute Gasteiger partial charge is 0.496 e. The van der Waals surface area contributed by atoms with Gasteiger partial charge in [-0.25, -0.2) is 14.5 Å². The highest BCUT2D eigenvalue weighted by Gasteiger charge is 2.39. The molecule has 9 heteroatoms. The average molecular weight is 725 g/mol. The molecule has 1 atom stereocenters. The van der Waals surface area contributed by atoms with Crippen LogP contribution in [0.3, 0.4) is 0 Å². The molecule has 0 bridgehead atoms. The van der Waals surface area contributed by atoms with Crippen molar-refractivity contribution < 1.29 is 23.9 Å². The van der Waals surface area contributed by atoms with E-state index in [-0.39, 0.29) is 30.0 Å². The molecule has 53 heavy (non-hydrogen) atoms. The standard InChI is InChI=1S/C20H25N3O2.C15H17NO3.C4H10.C3H6.C2H2/c1-20(2,3)18(21-4)12-13-22-19(24)23-16-10-11-17(25-5)15-9-7-6-8-14(15)16;1-4-11(3)13-9-19-15(18)16(13)14(17)12-7-5-6-10(2)8-12;1-3-4-2;1-3-2;1-2/h6-13H,1-5H3,(H2,22,23,24);4-8,13H,9H2,1-3H3;3-4H2,1-2H3;3H,1H2,2H3;1-2H/b13-12+,21-18?;11-4+;;;. The van der Waals surface area contributed by atoms with Gasteiger partial charge in [-0.15, -0.1) is 19.4 Å². The van der Waals surface area contributed by atoms with E-state index in [1.807, 2.05) is 88.4 Å². The van der Waals surface area contributed by atoms with Crippen LogP contribution in [0.15, 0.2) is 102 Å². The summed E-state index contributed by atoms with van der Waals surface area (Å²) in [5.41, 5.74) is 4.00. The minimum atomic E-state index is -0.572. The number of carbonyl (C=O) groups is 3. The van der Waals surface area contributed by atoms with Crippen molar-refractivity contribution in [3.8, 4) is 18.6 Å². The van der Waals surface area contributed by atoms with E-state index in [1.165, 1.54) is 17.7 Å². The number of benzene rings is 3. The number of allylic oxidation sites excluding steroid dienone is 3. The number of carbonyl (C=O) groups excluding carboxylic acids is 3. The quantitative estimate of drug-likeness (QED) is 0.143. The van der Waals surface area contributed by atoms with Crippen LogP contribution in [0.2, 0.25) is 0 Å². The molecule has 0 aliphatic carbocycles. The first-order valence-electron chi connectivity index (χ1n) is 17.6. The van der Waals surface area contributed by atoms with E-state index in [9.17, 15) is 14.4 Å². The summed E-state index contributed by atoms with van der Waals surface area (Å²) in [6.45, 7) is 21.7. The van der Waals surface area contributed by atoms with Gasteiger partial charge in [0, 0.05) is 40.7 Å². The predicted octanol–water partition coefficient (Wildman–Crippen LogP) is 10.8. The summed E-state index contributed by atoms with van der Waals surface area (Å²) in [5, 5.41) is 7.46. The van der Waals surface area contributed by atoms with E-state index in [1.54, 1.807) is 38.6 Å². The van der Waals surface area contributed by atoms with E-state index in [0.29, 0.717) is 5.56 Å². The van der Waals surface area contributed by atoms with Crippen molar-refractivity contribution in [2.75, 3.05) is 26.1 Å². The Hall–Kier alpha value is -5.62. The zero-order valence-corrected chi connectivity index (χ0v) is 33.6. The van der Waals surface area contributed by atoms with Crippen molar-refractivity contribution >= 4 is 40.2 Å². The van der Waals surface area contributed by atoms with Crippen LogP contribution in [0.25, 0.3) is 10.8 Å². The third-order valence-corrected chi connectivity index (χ3v) is 7.65. The number of cyclic esters (lactones) is 1. The number of methoxy groups -OCH3 is 1. The van der Waals surface area contributed by atoms with Crippen LogP contribution in [-0.4, -0.2) is 55.4 Å². The molecule has 9 nitrogen and oxygen atoms in total. The summed E-state index contributed by atoms with van der Waals surface area (Å²) in [5.74, 6) is 0.466. The molecule has 4 rings (SSSR count). The highest BCUT2D eigenvalue weighted by Crippen LogP contribution is 2.31. The lowest BCUT2D eigenvalue weighted by molar-refractivity contribution is 0.0786. The van der Waals surface area contributed by atoms with Gasteiger partial charge in [0.2, 0.25) is 0 Å². The molecule has 2 N–H and O–H groups in total. The van der Waals surface area contributed by atoms with Gasteiger partial charge in [0.15, 0.2) is 0 Å². The number of terminal acetylenes is 1. The molecule has 1 unspecified atom stereocenters. The summed E-state index contributed by atoms with van der Waals surface area (Å²) in [4.78, 5) is 41.8. The molecule has 286 valence electrons. The van der Waals surface area contributed by atoms with Crippen LogP contribution in [0.1, 0.15) is 84.2 Å². The predicted molar refractivity (Wildman–Crippen MR) is 223 cm³/mol. The first-order valence-corrected chi connectivity index (χ1v) is 17.6. The van der Waals surface area contributed by atoms with Crippen molar-refractivity contribution in [1.82, 2.24) is 10.2 Å². The highest BCUT2D eigenvalue weighted by molar-refractivity contribution is 6.05. The Balaban J connectivity index is 0.000000852. The van der Waals surface area contributed by atoms with Crippen molar-refractivity contribution in [2.24, 2.45) is 10.4 Å². The first kappa shape index (κ1) is 47.4. The molecule has 1 fully saturated rings. The second-order valence-electron chi connectivity index (χ2n) is 12.7. The zero-order chi connectivity index (χ0) is 40.6. The molecule has 0 aromatic heterocycles. The second-order valence-corrected chi connectivity index (χ2v) is 12.7. The number of rotatable bonds is 7. The molecule has 1 saturated heterocycles. The molecular weight excluding hydrogens is 665 g/mol. The number of hydrogen-bond acceptors (Lipinski definition) is 6. The Morgan fingerprint density at radius 2 is 1.64 bits per heavy atom. The fraction of sp³-hybridized carbons (Fsp3) is 0.364. The topological polar surface area (TPSA) is 109 Å². The second kappa shape index (κ2) is 25.4. The fourth-order valence-corrected chi connectivity index (χ4v) is 4.66. The van der Waals surface area contributed by atoms with E-state index in [0.717, 1.165) is 39.1 Å². The summed E-state index contributed by atoms with van der Waals surface area (Å²) in [7, 11) is 3.38. The van der Waals surface area contributed by atoms with Crippen molar-refractivity contribution in [3.63, 3.8) is 0 Å². The maximum absolute atomic E-state index is 12.4. The van der Waals surface area contributed by atoms with E-state index < -0.39 is 6.09 Å². The molecule has 4 amide bonds. The number of aryl methyl sites for hydroxylation is 1. The van der Waals surface area contributed by atoms with Gasteiger partial charge in [-0.2, -0.15) is 0 Å². The number of fused-ring (bicyclic) bond motifs is 1. The van der Waals surface area contributed by atoms with Crippen LogP contribution in [0.5, 0.6) is 5.75 Å². The Kier molecular flexibility index (Phi) is 22.7. The normalized spacial score (nSPS) is 13.7. The smallest absolute Gasteiger partial charge is 0.417 e. The third-order valence-electron chi connectivity index (χ3n) is 7.65. The van der Waals surface area contributed by atoms with Crippen LogP contribution in [0, 0.1) is 25.2 Å². The third kappa shape index (κ3) is 15.7. The van der Waals surface area contributed by atoms with Gasteiger partial charge in [0.25, 0.3) is 5.91 Å². The number of amides is 4. The van der Waals surface area contributed by atoms with Crippen molar-refractivity contribution in [1.29, 1.82) is 0 Å². The molecule has 0 spiro atoms. The van der Waals surface area contributed by atoms with Gasteiger partial charge in [-0.1, -0.05) is 107 Å². The van der Waals surface area contributed by atoms with Crippen LogP contribution in [0.4, 0.5) is 15.3 Å². The maximum atomic E-state index is 12.4. The average Bonchev–Trinajstić information content (AvgIpc) is 3.54. The molecule has 3 aromatic rings. The highest BCUT2D eigenvalue weighted by atomic mass is 16.6. The van der Waals surface area contributed by atoms with Crippen LogP contribution >= 0.6 is 0 Å². The van der Waals surface area contributed by atoms with E-state index in [2.05, 4.69) is 69.7 Å². The number of anilines is 1. The Morgan fingerprint density at radius 1 is 1.04 bits per heavy atom. The summed E-state index contributed by atoms with van der Waals surface area (Å²) >= 11 is 0. The van der Waals surface area contributed by atoms with Gasteiger partial charge in [-0.3, -0.25) is 9.79 Å². The fourth-order valence-electron chi connectivity index (χ4n) is 4.66. The lowest BCUT2D eigenvalue weighted by Gasteiger charge is -2.20. The van der Waals surface area contributed by atoms with Gasteiger partial charge < -0.3 is 20.1 Å². The summed E-state index contributed by atoms with van der Waals surface area (Å²) in [6, 6.07) is 18.0. The van der Waals surface area contributed by atoms with Crippen LogP contribution < -0.4 is 15.4 Å². The number of hydrogen-bond donors (Lipinski definition) is 2. The Bertz CT molecular complexity index is 1730. The van der Waals surface area contributed by atoms with Crippen molar-refractivity contribution in [2.45, 2.75) is 81.2 Å². The molecular formula is C44H60N4O5. The number of nitrogens with one attached hydrogen (secondary N) is 2. The number of imide groups is 1. The van der Waals surface area contributed by atoms with Gasteiger partial charge in [-0.05, 0) is 58.0 Å². The van der Waals surface area contributed by atoms with Gasteiger partial charge >= 0.3 is 12.1 Å². The number of unbranched alkanes of at least 4 members (excludes halogenated alkanes) is 1. The monoisotopic (exact) mass is 724 g/mol. The van der Waals surface area contributed by atoms with Gasteiger partial charge in [0.1, 0.15) is 12.4 Å². The number of ether oxygens (including phenoxy) is 2. The number of urea groups is 1.